The van der Waals surface area contributed by atoms with Gasteiger partial charge in [0, 0.05) is 18.3 Å². The maximum Gasteiger partial charge on any atom is 0.203 e. The van der Waals surface area contributed by atoms with Gasteiger partial charge >= 0.3 is 0 Å². The zero-order valence-electron chi connectivity index (χ0n) is 10.8. The highest BCUT2D eigenvalue weighted by Gasteiger charge is 2.26. The zero-order valence-corrected chi connectivity index (χ0v) is 10.8. The fraction of sp³-hybridized carbons (Fsp3) is 0.769. The van der Waals surface area contributed by atoms with Crippen LogP contribution >= 0.6 is 0 Å². The first kappa shape index (κ1) is 11.5. The summed E-state index contributed by atoms with van der Waals surface area (Å²) in [5, 5.41) is 3.44. The maximum atomic E-state index is 4.58. The molecular formula is C13H23N3. The molecule has 0 amide bonds. The van der Waals surface area contributed by atoms with Crippen molar-refractivity contribution in [1.82, 2.24) is 9.55 Å². The van der Waals surface area contributed by atoms with Crippen LogP contribution in [0.25, 0.3) is 0 Å². The van der Waals surface area contributed by atoms with Gasteiger partial charge in [-0.1, -0.05) is 13.3 Å². The highest BCUT2D eigenvalue weighted by molar-refractivity contribution is 5.30. The quantitative estimate of drug-likeness (QED) is 0.848. The molecule has 2 atom stereocenters. The van der Waals surface area contributed by atoms with Gasteiger partial charge in [-0.15, -0.1) is 0 Å². The lowest BCUT2D eigenvalue weighted by Crippen LogP contribution is -2.18. The van der Waals surface area contributed by atoms with Crippen LogP contribution in [-0.4, -0.2) is 15.6 Å². The number of aromatic nitrogens is 2. The molecule has 90 valence electrons. The molecule has 1 aliphatic rings. The third-order valence-electron chi connectivity index (χ3n) is 3.44. The topological polar surface area (TPSA) is 29.9 Å². The van der Waals surface area contributed by atoms with E-state index in [2.05, 4.69) is 48.8 Å². The van der Waals surface area contributed by atoms with Gasteiger partial charge in [0.15, 0.2) is 0 Å². The summed E-state index contributed by atoms with van der Waals surface area (Å²) in [4.78, 5) is 4.58. The molecule has 0 spiro atoms. The zero-order chi connectivity index (χ0) is 11.7. The summed E-state index contributed by atoms with van der Waals surface area (Å²) in [5.41, 5.74) is 1.11. The maximum absolute atomic E-state index is 4.58. The van der Waals surface area contributed by atoms with E-state index in [1.165, 1.54) is 19.3 Å². The molecule has 16 heavy (non-hydrogen) atoms. The number of rotatable bonds is 3. The van der Waals surface area contributed by atoms with Crippen LogP contribution in [0.3, 0.4) is 0 Å². The molecular weight excluding hydrogens is 198 g/mol. The second-order valence-corrected chi connectivity index (χ2v) is 5.39. The lowest BCUT2D eigenvalue weighted by molar-refractivity contribution is 0.410. The van der Waals surface area contributed by atoms with Gasteiger partial charge in [-0.2, -0.15) is 0 Å². The third-order valence-corrected chi connectivity index (χ3v) is 3.44. The lowest BCUT2D eigenvalue weighted by Gasteiger charge is -2.21. The van der Waals surface area contributed by atoms with Gasteiger partial charge in [0.05, 0.1) is 5.69 Å². The summed E-state index contributed by atoms with van der Waals surface area (Å²) in [5.74, 6) is 1.83. The Balaban J connectivity index is 2.24. The van der Waals surface area contributed by atoms with E-state index in [0.717, 1.165) is 17.6 Å². The molecule has 1 N–H and O–H groups in total. The Morgan fingerprint density at radius 3 is 2.75 bits per heavy atom. The van der Waals surface area contributed by atoms with Gasteiger partial charge in [0.2, 0.25) is 5.95 Å². The van der Waals surface area contributed by atoms with Crippen molar-refractivity contribution >= 4 is 5.95 Å². The van der Waals surface area contributed by atoms with Gasteiger partial charge in [-0.05, 0) is 39.5 Å². The van der Waals surface area contributed by atoms with Crippen molar-refractivity contribution < 1.29 is 0 Å². The van der Waals surface area contributed by atoms with Crippen molar-refractivity contribution in [1.29, 1.82) is 0 Å². The molecule has 0 radical (unpaired) electrons. The first-order valence-electron chi connectivity index (χ1n) is 6.40. The van der Waals surface area contributed by atoms with Crippen molar-refractivity contribution in [3.8, 4) is 0 Å². The minimum absolute atomic E-state index is 0.442. The molecule has 0 bridgehead atoms. The summed E-state index contributed by atoms with van der Waals surface area (Å²) in [6.45, 7) is 8.74. The summed E-state index contributed by atoms with van der Waals surface area (Å²) in [6.07, 6.45) is 6.19. The van der Waals surface area contributed by atoms with Gasteiger partial charge in [-0.25, -0.2) is 4.98 Å². The van der Waals surface area contributed by atoms with Crippen molar-refractivity contribution in [2.24, 2.45) is 5.92 Å². The Morgan fingerprint density at radius 2 is 2.19 bits per heavy atom. The van der Waals surface area contributed by atoms with Crippen molar-refractivity contribution in [2.75, 3.05) is 5.32 Å². The molecule has 1 heterocycles. The SMILES string of the molecule is Cc1cn(C2CCCC2C)c(NC(C)C)n1. The van der Waals surface area contributed by atoms with E-state index < -0.39 is 0 Å². The minimum Gasteiger partial charge on any atom is -0.353 e. The van der Waals surface area contributed by atoms with Gasteiger partial charge in [0.25, 0.3) is 0 Å². The molecule has 1 saturated carbocycles. The number of nitrogens with zero attached hydrogens (tertiary/aromatic N) is 2. The molecule has 1 aliphatic carbocycles. The second kappa shape index (κ2) is 4.48. The molecule has 0 saturated heterocycles. The third kappa shape index (κ3) is 2.23. The smallest absolute Gasteiger partial charge is 0.203 e. The van der Waals surface area contributed by atoms with Crippen molar-refractivity contribution in [3.05, 3.63) is 11.9 Å². The Bertz CT molecular complexity index is 354. The van der Waals surface area contributed by atoms with E-state index in [1.54, 1.807) is 0 Å². The lowest BCUT2D eigenvalue weighted by atomic mass is 10.1. The Kier molecular flexibility index (Phi) is 3.22. The second-order valence-electron chi connectivity index (χ2n) is 5.39. The van der Waals surface area contributed by atoms with E-state index in [4.69, 9.17) is 0 Å². The molecule has 2 unspecified atom stereocenters. The first-order chi connectivity index (χ1) is 7.58. The van der Waals surface area contributed by atoms with Crippen LogP contribution in [0.15, 0.2) is 6.20 Å². The van der Waals surface area contributed by atoms with Crippen LogP contribution < -0.4 is 5.32 Å². The Morgan fingerprint density at radius 1 is 1.44 bits per heavy atom. The van der Waals surface area contributed by atoms with Crippen LogP contribution in [0.2, 0.25) is 0 Å². The van der Waals surface area contributed by atoms with E-state index in [0.29, 0.717) is 12.1 Å². The Hall–Kier alpha value is -0.990. The number of imidazole rings is 1. The normalized spacial score (nSPS) is 25.3. The fourth-order valence-electron chi connectivity index (χ4n) is 2.67. The summed E-state index contributed by atoms with van der Waals surface area (Å²) in [7, 11) is 0. The Labute approximate surface area is 98.3 Å². The van der Waals surface area contributed by atoms with Gasteiger partial charge in [-0.3, -0.25) is 0 Å². The minimum atomic E-state index is 0.442. The molecule has 3 heteroatoms. The molecule has 1 aromatic rings. The monoisotopic (exact) mass is 221 g/mol. The molecule has 3 nitrogen and oxygen atoms in total. The molecule has 1 aromatic heterocycles. The molecule has 2 rings (SSSR count). The largest absolute Gasteiger partial charge is 0.353 e. The fourth-order valence-corrected chi connectivity index (χ4v) is 2.67. The summed E-state index contributed by atoms with van der Waals surface area (Å²) >= 11 is 0. The predicted octanol–water partition coefficient (Wildman–Crippen LogP) is 3.37. The molecule has 1 fully saturated rings. The van der Waals surface area contributed by atoms with Gasteiger partial charge < -0.3 is 9.88 Å². The first-order valence-corrected chi connectivity index (χ1v) is 6.40. The summed E-state index contributed by atoms with van der Waals surface area (Å²) in [6, 6.07) is 1.08. The van der Waals surface area contributed by atoms with Crippen molar-refractivity contribution in [2.45, 2.75) is 59.0 Å². The van der Waals surface area contributed by atoms with Crippen LogP contribution in [0.4, 0.5) is 5.95 Å². The van der Waals surface area contributed by atoms with Crippen LogP contribution in [0.5, 0.6) is 0 Å². The number of aryl methyl sites for hydroxylation is 1. The number of nitrogens with one attached hydrogen (secondary N) is 1. The van der Waals surface area contributed by atoms with E-state index in [9.17, 15) is 0 Å². The standard InChI is InChI=1S/C13H23N3/c1-9(2)14-13-15-11(4)8-16(13)12-7-5-6-10(12)3/h8-10,12H,5-7H2,1-4H3,(H,14,15). The van der Waals surface area contributed by atoms with Crippen LogP contribution in [0, 0.1) is 12.8 Å². The predicted molar refractivity (Wildman–Crippen MR) is 67.8 cm³/mol. The van der Waals surface area contributed by atoms with Crippen LogP contribution in [0.1, 0.15) is 51.8 Å². The van der Waals surface area contributed by atoms with E-state index in [-0.39, 0.29) is 0 Å². The number of hydrogen-bond acceptors (Lipinski definition) is 2. The average molecular weight is 221 g/mol. The van der Waals surface area contributed by atoms with Gasteiger partial charge in [0.1, 0.15) is 0 Å². The number of hydrogen-bond donors (Lipinski definition) is 1. The molecule has 0 aliphatic heterocycles. The van der Waals surface area contributed by atoms with E-state index in [1.807, 2.05) is 0 Å². The number of anilines is 1. The highest BCUT2D eigenvalue weighted by Crippen LogP contribution is 2.37. The van der Waals surface area contributed by atoms with Crippen LogP contribution in [-0.2, 0) is 0 Å². The molecule has 0 aromatic carbocycles. The van der Waals surface area contributed by atoms with Crippen molar-refractivity contribution in [3.63, 3.8) is 0 Å². The summed E-state index contributed by atoms with van der Waals surface area (Å²) < 4.78 is 2.35. The average Bonchev–Trinajstić information content (AvgIpc) is 2.71. The highest BCUT2D eigenvalue weighted by atomic mass is 15.2. The van der Waals surface area contributed by atoms with E-state index >= 15 is 0 Å².